The summed E-state index contributed by atoms with van der Waals surface area (Å²) in [6.07, 6.45) is 1.96. The third-order valence-electron chi connectivity index (χ3n) is 5.71. The Hall–Kier alpha value is -3.69. The first-order chi connectivity index (χ1) is 17.9. The molecule has 0 saturated carbocycles. The van der Waals surface area contributed by atoms with E-state index in [9.17, 15) is 13.2 Å². The maximum absolute atomic E-state index is 13.0. The molecule has 3 rings (SSSR count). The highest BCUT2D eigenvalue weighted by Gasteiger charge is 2.24. The average Bonchev–Trinajstić information content (AvgIpc) is 2.83. The molecule has 202 valence electrons. The molecule has 0 aliphatic carbocycles. The number of rotatable bonds is 11. The van der Waals surface area contributed by atoms with E-state index in [1.165, 1.54) is 0 Å². The molecule has 9 heteroatoms. The second-order valence-electron chi connectivity index (χ2n) is 10.3. The van der Waals surface area contributed by atoms with Crippen LogP contribution in [0.1, 0.15) is 52.5 Å². The Bertz CT molecular complexity index is 1380. The highest BCUT2D eigenvalue weighted by Crippen LogP contribution is 2.29. The Morgan fingerprint density at radius 3 is 2.29 bits per heavy atom. The molecule has 3 aromatic rings. The highest BCUT2D eigenvalue weighted by molar-refractivity contribution is 7.89. The monoisotopic (exact) mass is 535 g/mol. The van der Waals surface area contributed by atoms with E-state index in [1.807, 2.05) is 12.1 Å². The summed E-state index contributed by atoms with van der Waals surface area (Å²) in [6.45, 7) is 7.46. The zero-order chi connectivity index (χ0) is 27.9. The summed E-state index contributed by atoms with van der Waals surface area (Å²) in [7, 11) is -3.72. The maximum Gasteiger partial charge on any atom is 0.241 e. The number of nitrogen functional groups attached to an aromatic ring is 1. The topological polar surface area (TPSA) is 137 Å². The normalized spacial score (nSPS) is 12.5. The third kappa shape index (κ3) is 8.16. The number of anilines is 2. The van der Waals surface area contributed by atoms with E-state index in [1.54, 1.807) is 81.4 Å². The van der Waals surface area contributed by atoms with Crippen LogP contribution in [-0.4, -0.2) is 31.7 Å². The van der Waals surface area contributed by atoms with Gasteiger partial charge in [0.1, 0.15) is 5.84 Å². The predicted molar refractivity (Wildman–Crippen MR) is 155 cm³/mol. The maximum atomic E-state index is 13.0. The van der Waals surface area contributed by atoms with Gasteiger partial charge in [0.2, 0.25) is 15.9 Å². The smallest absolute Gasteiger partial charge is 0.241 e. The number of carbonyl (C=O) groups excluding carboxylic acids is 1. The molecular weight excluding hydrogens is 498 g/mol. The van der Waals surface area contributed by atoms with E-state index in [4.69, 9.17) is 11.1 Å². The van der Waals surface area contributed by atoms with Gasteiger partial charge in [0.05, 0.1) is 4.90 Å². The number of hydrogen-bond donors (Lipinski definition) is 5. The Morgan fingerprint density at radius 1 is 0.974 bits per heavy atom. The summed E-state index contributed by atoms with van der Waals surface area (Å²) < 4.78 is 28.7. The lowest BCUT2D eigenvalue weighted by Gasteiger charge is -2.21. The van der Waals surface area contributed by atoms with Crippen molar-refractivity contribution in [2.45, 2.75) is 63.4 Å². The molecule has 3 aromatic carbocycles. The van der Waals surface area contributed by atoms with Gasteiger partial charge in [-0.1, -0.05) is 55.8 Å². The molecule has 0 heterocycles. The third-order valence-corrected chi connectivity index (χ3v) is 7.53. The number of amides is 1. The summed E-state index contributed by atoms with van der Waals surface area (Å²) in [5, 5.41) is 14.0. The first-order valence-corrected chi connectivity index (χ1v) is 14.1. The molecule has 8 nitrogen and oxygen atoms in total. The van der Waals surface area contributed by atoms with Crippen molar-refractivity contribution in [1.82, 2.24) is 4.72 Å². The molecule has 6 N–H and O–H groups in total. The van der Waals surface area contributed by atoms with Crippen LogP contribution < -0.4 is 21.1 Å². The molecule has 0 bridgehead atoms. The summed E-state index contributed by atoms with van der Waals surface area (Å²) >= 11 is 0. The molecule has 1 atom stereocenters. The summed E-state index contributed by atoms with van der Waals surface area (Å²) in [5.74, 6) is -0.142. The van der Waals surface area contributed by atoms with Gasteiger partial charge in [0.15, 0.2) is 0 Å². The van der Waals surface area contributed by atoms with Gasteiger partial charge >= 0.3 is 0 Å². The molecule has 0 fully saturated rings. The van der Waals surface area contributed by atoms with Gasteiger partial charge in [0, 0.05) is 40.5 Å². The van der Waals surface area contributed by atoms with E-state index in [0.29, 0.717) is 16.8 Å². The summed E-state index contributed by atoms with van der Waals surface area (Å²) in [6, 6.07) is 21.2. The number of nitrogens with two attached hydrogens (primary N) is 1. The van der Waals surface area contributed by atoms with Crippen molar-refractivity contribution < 1.29 is 13.2 Å². The van der Waals surface area contributed by atoms with Crippen LogP contribution in [0.15, 0.2) is 77.7 Å². The van der Waals surface area contributed by atoms with E-state index in [-0.39, 0.29) is 29.1 Å². The van der Waals surface area contributed by atoms with Crippen molar-refractivity contribution in [2.75, 3.05) is 10.6 Å². The van der Waals surface area contributed by atoms with E-state index in [0.717, 1.165) is 24.1 Å². The molecule has 0 aromatic heterocycles. The van der Waals surface area contributed by atoms with Gasteiger partial charge in [-0.15, -0.1) is 0 Å². The van der Waals surface area contributed by atoms with Crippen molar-refractivity contribution in [3.8, 4) is 11.1 Å². The zero-order valence-electron chi connectivity index (χ0n) is 22.3. The lowest BCUT2D eigenvalue weighted by molar-refractivity contribution is -0.116. The van der Waals surface area contributed by atoms with Gasteiger partial charge in [-0.3, -0.25) is 10.2 Å². The Morgan fingerprint density at radius 2 is 1.66 bits per heavy atom. The second-order valence-corrected chi connectivity index (χ2v) is 12.0. The quantitative estimate of drug-likeness (QED) is 0.167. The lowest BCUT2D eigenvalue weighted by atomic mass is 10.0. The number of hydrogen-bond acceptors (Lipinski definition) is 5. The molecular formula is C29H37N5O3S. The molecule has 0 saturated heterocycles. The van der Waals surface area contributed by atoms with Gasteiger partial charge in [-0.2, -0.15) is 0 Å². The largest absolute Gasteiger partial charge is 0.384 e. The van der Waals surface area contributed by atoms with Crippen LogP contribution >= 0.6 is 0 Å². The number of amidine groups is 1. The average molecular weight is 536 g/mol. The fourth-order valence-electron chi connectivity index (χ4n) is 4.15. The first kappa shape index (κ1) is 28.9. The van der Waals surface area contributed by atoms with Crippen LogP contribution in [0.25, 0.3) is 11.1 Å². The van der Waals surface area contributed by atoms with Gasteiger partial charge < -0.3 is 16.4 Å². The Balaban J connectivity index is 1.71. The van der Waals surface area contributed by atoms with Gasteiger partial charge in [0.25, 0.3) is 0 Å². The van der Waals surface area contributed by atoms with Crippen LogP contribution in [0.2, 0.25) is 0 Å². The minimum absolute atomic E-state index is 0.00688. The number of sulfonamides is 1. The molecule has 0 unspecified atom stereocenters. The van der Waals surface area contributed by atoms with Crippen molar-refractivity contribution in [3.05, 3.63) is 78.4 Å². The molecule has 0 spiro atoms. The molecule has 1 amide bonds. The minimum Gasteiger partial charge on any atom is -0.384 e. The van der Waals surface area contributed by atoms with Crippen LogP contribution in [0.3, 0.4) is 0 Å². The number of carbonyl (C=O) groups is 1. The summed E-state index contributed by atoms with van der Waals surface area (Å²) in [5.41, 5.74) is 8.36. The first-order valence-electron chi connectivity index (χ1n) is 12.6. The van der Waals surface area contributed by atoms with Gasteiger partial charge in [-0.05, 0) is 63.1 Å². The van der Waals surface area contributed by atoms with E-state index >= 15 is 0 Å². The van der Waals surface area contributed by atoms with Crippen molar-refractivity contribution >= 4 is 33.1 Å². The Labute approximate surface area is 225 Å². The van der Waals surface area contributed by atoms with Crippen molar-refractivity contribution in [2.24, 2.45) is 5.73 Å². The zero-order valence-corrected chi connectivity index (χ0v) is 23.2. The fourth-order valence-corrected chi connectivity index (χ4v) is 5.80. The highest BCUT2D eigenvalue weighted by atomic mass is 32.2. The second kappa shape index (κ2) is 12.2. The van der Waals surface area contributed by atoms with Crippen LogP contribution in [0.4, 0.5) is 11.4 Å². The van der Waals surface area contributed by atoms with Crippen LogP contribution in [0, 0.1) is 5.41 Å². The lowest BCUT2D eigenvalue weighted by Crippen LogP contribution is -2.40. The number of nitrogens with one attached hydrogen (secondary N) is 4. The van der Waals surface area contributed by atoms with Crippen LogP contribution in [0.5, 0.6) is 0 Å². The summed E-state index contributed by atoms with van der Waals surface area (Å²) in [4.78, 5) is 13.0. The van der Waals surface area contributed by atoms with E-state index < -0.39 is 15.6 Å². The predicted octanol–water partition coefficient (Wildman–Crippen LogP) is 5.32. The van der Waals surface area contributed by atoms with E-state index in [2.05, 4.69) is 22.3 Å². The standard InChI is InChI=1S/C29H37N5O3S/c1-5-9-23(32-24-11-8-10-21(18-24)28(30)31)19-27(35)33-22-16-14-20(15-17-22)25-12-6-7-13-26(25)38(36,37)34-29(2,3)4/h6-8,10-18,23,32,34H,5,9,19H2,1-4H3,(H3,30,31)(H,33,35)/t23-/m0/s1. The molecule has 38 heavy (non-hydrogen) atoms. The molecule has 0 aliphatic rings. The molecule has 0 aliphatic heterocycles. The fraction of sp³-hybridized carbons (Fsp3) is 0.310. The van der Waals surface area contributed by atoms with Crippen molar-refractivity contribution in [1.29, 1.82) is 5.41 Å². The molecule has 0 radical (unpaired) electrons. The van der Waals surface area contributed by atoms with Crippen molar-refractivity contribution in [3.63, 3.8) is 0 Å². The SMILES string of the molecule is CCC[C@@H](CC(=O)Nc1ccc(-c2ccccc2S(=O)(=O)NC(C)(C)C)cc1)Nc1cccc(C(=N)N)c1. The number of benzene rings is 3. The Kier molecular flexibility index (Phi) is 9.30. The minimum atomic E-state index is -3.72. The van der Waals surface area contributed by atoms with Gasteiger partial charge in [-0.25, -0.2) is 13.1 Å². The van der Waals surface area contributed by atoms with Crippen LogP contribution in [-0.2, 0) is 14.8 Å².